The lowest BCUT2D eigenvalue weighted by atomic mass is 10.0. The number of aromatic nitrogens is 1. The number of pyridine rings is 1. The molecule has 0 radical (unpaired) electrons. The quantitative estimate of drug-likeness (QED) is 0.764. The van der Waals surface area contributed by atoms with E-state index in [2.05, 4.69) is 4.98 Å². The summed E-state index contributed by atoms with van der Waals surface area (Å²) in [5.74, 6) is -0.331. The minimum Gasteiger partial charge on any atom is -0.384 e. The minimum atomic E-state index is -3.95. The second kappa shape index (κ2) is 4.48. The van der Waals surface area contributed by atoms with Crippen molar-refractivity contribution in [2.45, 2.75) is 25.9 Å². The summed E-state index contributed by atoms with van der Waals surface area (Å²) in [5, 5.41) is 9.71. The van der Waals surface area contributed by atoms with Gasteiger partial charge in [-0.15, -0.1) is 0 Å². The maximum Gasteiger partial charge on any atom is 0.265 e. The van der Waals surface area contributed by atoms with Crippen LogP contribution in [0.4, 0.5) is 0 Å². The van der Waals surface area contributed by atoms with E-state index in [1.807, 2.05) is 0 Å². The average molecular weight is 245 g/mol. The van der Waals surface area contributed by atoms with Crippen LogP contribution in [-0.2, 0) is 22.1 Å². The van der Waals surface area contributed by atoms with Crippen molar-refractivity contribution >= 4 is 10.1 Å². The molecule has 0 unspecified atom stereocenters. The first kappa shape index (κ1) is 13.1. The molecular formula is C10H15NO4S. The van der Waals surface area contributed by atoms with E-state index < -0.39 is 15.7 Å². The van der Waals surface area contributed by atoms with Crippen molar-refractivity contribution < 1.29 is 18.1 Å². The van der Waals surface area contributed by atoms with Crippen molar-refractivity contribution in [3.05, 3.63) is 29.6 Å². The topological polar surface area (TPSA) is 87.5 Å². The molecule has 0 saturated heterocycles. The van der Waals surface area contributed by atoms with Crippen LogP contribution in [0.15, 0.2) is 18.3 Å². The Bertz CT molecular complexity index is 462. The van der Waals surface area contributed by atoms with Crippen LogP contribution < -0.4 is 0 Å². The molecule has 0 saturated carbocycles. The molecule has 0 aliphatic carbocycles. The molecule has 2 N–H and O–H groups in total. The third-order valence-corrected chi connectivity index (χ3v) is 2.82. The average Bonchev–Trinajstić information content (AvgIpc) is 2.13. The Kier molecular flexibility index (Phi) is 3.67. The standard InChI is InChI=1S/C10H15NO4S/c1-10(2,12)9-7-8(3-5-11-9)4-6-16(13,14)15/h3,5,7,12H,4,6H2,1-2H3,(H,13,14,15). The molecule has 6 heteroatoms. The van der Waals surface area contributed by atoms with Crippen LogP contribution in [0.3, 0.4) is 0 Å². The predicted molar refractivity (Wildman–Crippen MR) is 59.6 cm³/mol. The third-order valence-electron chi connectivity index (χ3n) is 2.10. The zero-order chi connectivity index (χ0) is 12.4. The fraction of sp³-hybridized carbons (Fsp3) is 0.500. The SMILES string of the molecule is CC(C)(O)c1cc(CCS(=O)(=O)O)ccn1. The lowest BCUT2D eigenvalue weighted by Gasteiger charge is -2.16. The largest absolute Gasteiger partial charge is 0.384 e. The summed E-state index contributed by atoms with van der Waals surface area (Å²) in [7, 11) is -3.95. The molecule has 0 atom stereocenters. The van der Waals surface area contributed by atoms with Gasteiger partial charge in [-0.05, 0) is 38.0 Å². The summed E-state index contributed by atoms with van der Waals surface area (Å²) in [4.78, 5) is 3.99. The summed E-state index contributed by atoms with van der Waals surface area (Å²) < 4.78 is 29.8. The molecule has 1 heterocycles. The van der Waals surface area contributed by atoms with Gasteiger partial charge in [-0.1, -0.05) is 0 Å². The van der Waals surface area contributed by atoms with Crippen LogP contribution in [0.5, 0.6) is 0 Å². The summed E-state index contributed by atoms with van der Waals surface area (Å²) in [6.45, 7) is 3.20. The second-order valence-electron chi connectivity index (χ2n) is 4.14. The van der Waals surface area contributed by atoms with Gasteiger partial charge < -0.3 is 5.11 Å². The maximum atomic E-state index is 10.6. The van der Waals surface area contributed by atoms with Crippen LogP contribution in [0.2, 0.25) is 0 Å². The molecule has 0 aliphatic rings. The van der Waals surface area contributed by atoms with Gasteiger partial charge in [-0.3, -0.25) is 9.54 Å². The predicted octanol–water partition coefficient (Wildman–Crippen LogP) is 0.739. The van der Waals surface area contributed by atoms with Crippen molar-refractivity contribution in [2.24, 2.45) is 0 Å². The van der Waals surface area contributed by atoms with Crippen LogP contribution in [0.1, 0.15) is 25.1 Å². The highest BCUT2D eigenvalue weighted by Crippen LogP contribution is 2.18. The van der Waals surface area contributed by atoms with Gasteiger partial charge in [0.05, 0.1) is 11.4 Å². The summed E-state index contributed by atoms with van der Waals surface area (Å²) >= 11 is 0. The first-order chi connectivity index (χ1) is 7.18. The van der Waals surface area contributed by atoms with Gasteiger partial charge in [0.25, 0.3) is 10.1 Å². The van der Waals surface area contributed by atoms with Crippen molar-refractivity contribution in [2.75, 3.05) is 5.75 Å². The molecule has 0 aliphatic heterocycles. The Morgan fingerprint density at radius 1 is 1.44 bits per heavy atom. The maximum absolute atomic E-state index is 10.6. The molecule has 5 nitrogen and oxygen atoms in total. The molecule has 90 valence electrons. The van der Waals surface area contributed by atoms with Crippen molar-refractivity contribution in [3.63, 3.8) is 0 Å². The number of aliphatic hydroxyl groups is 1. The summed E-state index contributed by atoms with van der Waals surface area (Å²) in [6, 6.07) is 3.28. The number of hydrogen-bond donors (Lipinski definition) is 2. The highest BCUT2D eigenvalue weighted by molar-refractivity contribution is 7.85. The monoisotopic (exact) mass is 245 g/mol. The highest BCUT2D eigenvalue weighted by Gasteiger charge is 2.17. The normalized spacial score (nSPS) is 12.8. The number of nitrogens with zero attached hydrogens (tertiary/aromatic N) is 1. The minimum absolute atomic E-state index is 0.199. The fourth-order valence-corrected chi connectivity index (χ4v) is 1.70. The summed E-state index contributed by atoms with van der Waals surface area (Å²) in [6.07, 6.45) is 1.71. The lowest BCUT2D eigenvalue weighted by Crippen LogP contribution is -2.18. The molecular weight excluding hydrogens is 230 g/mol. The zero-order valence-electron chi connectivity index (χ0n) is 9.21. The van der Waals surface area contributed by atoms with Gasteiger partial charge in [0.2, 0.25) is 0 Å². The van der Waals surface area contributed by atoms with Gasteiger partial charge in [0.15, 0.2) is 0 Å². The van der Waals surface area contributed by atoms with E-state index in [1.165, 1.54) is 6.20 Å². The molecule has 0 amide bonds. The van der Waals surface area contributed by atoms with Gasteiger partial charge in [-0.2, -0.15) is 8.42 Å². The van der Waals surface area contributed by atoms with E-state index in [4.69, 9.17) is 4.55 Å². The number of hydrogen-bond acceptors (Lipinski definition) is 4. The van der Waals surface area contributed by atoms with Crippen LogP contribution in [0.25, 0.3) is 0 Å². The Labute approximate surface area is 94.9 Å². The Balaban J connectivity index is 2.84. The number of aryl methyl sites for hydroxylation is 1. The lowest BCUT2D eigenvalue weighted by molar-refractivity contribution is 0.0737. The number of rotatable bonds is 4. The van der Waals surface area contributed by atoms with E-state index >= 15 is 0 Å². The van der Waals surface area contributed by atoms with E-state index in [-0.39, 0.29) is 12.2 Å². The van der Waals surface area contributed by atoms with Crippen LogP contribution in [-0.4, -0.2) is 28.8 Å². The van der Waals surface area contributed by atoms with E-state index in [9.17, 15) is 13.5 Å². The molecule has 0 spiro atoms. The Morgan fingerprint density at radius 3 is 2.56 bits per heavy atom. The molecule has 0 bridgehead atoms. The van der Waals surface area contributed by atoms with E-state index in [0.29, 0.717) is 11.3 Å². The van der Waals surface area contributed by atoms with E-state index in [1.54, 1.807) is 26.0 Å². The van der Waals surface area contributed by atoms with Crippen molar-refractivity contribution in [3.8, 4) is 0 Å². The first-order valence-electron chi connectivity index (χ1n) is 4.81. The van der Waals surface area contributed by atoms with Gasteiger partial charge >= 0.3 is 0 Å². The molecule has 0 aromatic carbocycles. The Hall–Kier alpha value is -0.980. The summed E-state index contributed by atoms with van der Waals surface area (Å²) in [5.41, 5.74) is 0.124. The smallest absolute Gasteiger partial charge is 0.265 e. The molecule has 1 aromatic rings. The van der Waals surface area contributed by atoms with Crippen LogP contribution in [0, 0.1) is 0 Å². The Morgan fingerprint density at radius 2 is 2.06 bits per heavy atom. The van der Waals surface area contributed by atoms with Crippen molar-refractivity contribution in [1.82, 2.24) is 4.98 Å². The van der Waals surface area contributed by atoms with Crippen molar-refractivity contribution in [1.29, 1.82) is 0 Å². The molecule has 0 fully saturated rings. The zero-order valence-corrected chi connectivity index (χ0v) is 10.0. The third kappa shape index (κ3) is 4.26. The van der Waals surface area contributed by atoms with Gasteiger partial charge in [0.1, 0.15) is 5.60 Å². The molecule has 16 heavy (non-hydrogen) atoms. The molecule has 1 aromatic heterocycles. The van der Waals surface area contributed by atoms with Gasteiger partial charge in [-0.25, -0.2) is 0 Å². The van der Waals surface area contributed by atoms with Gasteiger partial charge in [0, 0.05) is 6.20 Å². The van der Waals surface area contributed by atoms with Crippen LogP contribution >= 0.6 is 0 Å². The van der Waals surface area contributed by atoms with E-state index in [0.717, 1.165) is 0 Å². The molecule has 1 rings (SSSR count). The first-order valence-corrected chi connectivity index (χ1v) is 6.42. The highest BCUT2D eigenvalue weighted by atomic mass is 32.2. The second-order valence-corrected chi connectivity index (χ2v) is 5.72. The fourth-order valence-electron chi connectivity index (χ4n) is 1.21.